The summed E-state index contributed by atoms with van der Waals surface area (Å²) in [7, 11) is 0.734. The Morgan fingerprint density at radius 2 is 0.692 bits per heavy atom. The molecule has 0 rings (SSSR count). The van der Waals surface area contributed by atoms with Crippen molar-refractivity contribution in [1.82, 2.24) is 0 Å². The van der Waals surface area contributed by atoms with E-state index < -0.39 is 0 Å². The standard InChI is InChI=1S/C22H48P2.2BrH/c1-5-9-11-13-15-19-23(17-7-3)21-22-24(18-8-4)20-16-14-12-10-6-2;;/h5-22H2,1-4H3;2*1H. The van der Waals surface area contributed by atoms with E-state index in [-0.39, 0.29) is 34.0 Å². The van der Waals surface area contributed by atoms with Crippen molar-refractivity contribution in [3.63, 3.8) is 0 Å². The van der Waals surface area contributed by atoms with Crippen molar-refractivity contribution < 1.29 is 0 Å². The minimum absolute atomic E-state index is 0. The Kier molecular flexibility index (Phi) is 33.5. The van der Waals surface area contributed by atoms with Crippen LogP contribution in [0.1, 0.15) is 105 Å². The molecule has 0 aromatic carbocycles. The minimum Gasteiger partial charge on any atom is -0.114 e. The zero-order valence-corrected chi connectivity index (χ0v) is 23.7. The van der Waals surface area contributed by atoms with Crippen LogP contribution in [0.15, 0.2) is 0 Å². The lowest BCUT2D eigenvalue weighted by Gasteiger charge is -2.22. The molecule has 0 radical (unpaired) electrons. The molecule has 4 heteroatoms. The van der Waals surface area contributed by atoms with Crippen molar-refractivity contribution in [2.75, 3.05) is 37.0 Å². The van der Waals surface area contributed by atoms with Gasteiger partial charge in [-0.1, -0.05) is 91.9 Å². The highest BCUT2D eigenvalue weighted by molar-refractivity contribution is 8.93. The molecule has 0 heterocycles. The van der Waals surface area contributed by atoms with E-state index in [4.69, 9.17) is 0 Å². The Labute approximate surface area is 190 Å². The molecule has 0 aromatic heterocycles. The highest BCUT2D eigenvalue weighted by Crippen LogP contribution is 2.44. The van der Waals surface area contributed by atoms with Crippen LogP contribution in [0.2, 0.25) is 0 Å². The first-order chi connectivity index (χ1) is 11.8. The molecular formula is C22H50Br2P2. The number of hydrogen-bond donors (Lipinski definition) is 0. The first-order valence-electron chi connectivity index (χ1n) is 11.2. The lowest BCUT2D eigenvalue weighted by atomic mass is 10.2. The van der Waals surface area contributed by atoms with Gasteiger partial charge < -0.3 is 0 Å². The van der Waals surface area contributed by atoms with Crippen LogP contribution >= 0.6 is 49.8 Å². The summed E-state index contributed by atoms with van der Waals surface area (Å²) < 4.78 is 0. The molecule has 0 aromatic rings. The molecule has 0 amide bonds. The van der Waals surface area contributed by atoms with Gasteiger partial charge in [-0.05, 0) is 49.8 Å². The first-order valence-corrected chi connectivity index (χ1v) is 15.0. The molecule has 0 spiro atoms. The van der Waals surface area contributed by atoms with Crippen molar-refractivity contribution in [3.8, 4) is 0 Å². The van der Waals surface area contributed by atoms with Gasteiger partial charge in [0.05, 0.1) is 0 Å². The number of rotatable bonds is 19. The fourth-order valence-electron chi connectivity index (χ4n) is 3.46. The molecule has 162 valence electrons. The summed E-state index contributed by atoms with van der Waals surface area (Å²) in [6.45, 7) is 9.44. The highest BCUT2D eigenvalue weighted by atomic mass is 79.9. The van der Waals surface area contributed by atoms with Crippen LogP contribution in [-0.4, -0.2) is 37.0 Å². The molecule has 2 atom stereocenters. The summed E-state index contributed by atoms with van der Waals surface area (Å²) in [6.07, 6.45) is 27.0. The van der Waals surface area contributed by atoms with Gasteiger partial charge >= 0.3 is 0 Å². The fourth-order valence-corrected chi connectivity index (χ4v) is 9.67. The molecule has 0 fully saturated rings. The molecule has 0 N–H and O–H groups in total. The van der Waals surface area contributed by atoms with Crippen LogP contribution in [0.4, 0.5) is 0 Å². The van der Waals surface area contributed by atoms with Crippen molar-refractivity contribution in [2.45, 2.75) is 105 Å². The molecule has 0 bridgehead atoms. The summed E-state index contributed by atoms with van der Waals surface area (Å²) >= 11 is 0. The third-order valence-corrected chi connectivity index (χ3v) is 11.1. The van der Waals surface area contributed by atoms with Crippen molar-refractivity contribution in [1.29, 1.82) is 0 Å². The summed E-state index contributed by atoms with van der Waals surface area (Å²) in [4.78, 5) is 0. The normalized spacial score (nSPS) is 12.9. The Balaban J connectivity index is -0.00000264. The molecule has 0 aliphatic heterocycles. The maximum absolute atomic E-state index is 2.40. The quantitative estimate of drug-likeness (QED) is 0.114. The summed E-state index contributed by atoms with van der Waals surface area (Å²) in [5.41, 5.74) is 0. The molecule has 2 unspecified atom stereocenters. The zero-order chi connectivity index (χ0) is 17.9. The fraction of sp³-hybridized carbons (Fsp3) is 1.00. The number of hydrogen-bond acceptors (Lipinski definition) is 0. The predicted octanol–water partition coefficient (Wildman–Crippen LogP) is 9.87. The molecule has 0 aliphatic rings. The van der Waals surface area contributed by atoms with Gasteiger partial charge in [-0.15, -0.1) is 49.8 Å². The van der Waals surface area contributed by atoms with E-state index in [1.54, 1.807) is 37.0 Å². The maximum atomic E-state index is 2.40. The van der Waals surface area contributed by atoms with E-state index >= 15 is 0 Å². The molecule has 0 aliphatic carbocycles. The summed E-state index contributed by atoms with van der Waals surface area (Å²) in [5.74, 6) is 0. The van der Waals surface area contributed by atoms with Crippen LogP contribution in [0, 0.1) is 0 Å². The van der Waals surface area contributed by atoms with Crippen LogP contribution in [-0.2, 0) is 0 Å². The lowest BCUT2D eigenvalue weighted by Crippen LogP contribution is -2.02. The Bertz CT molecular complexity index is 216. The van der Waals surface area contributed by atoms with E-state index in [2.05, 4.69) is 27.7 Å². The van der Waals surface area contributed by atoms with Crippen LogP contribution in [0.5, 0.6) is 0 Å². The van der Waals surface area contributed by atoms with Crippen molar-refractivity contribution in [2.24, 2.45) is 0 Å². The van der Waals surface area contributed by atoms with Gasteiger partial charge in [0.2, 0.25) is 0 Å². The Morgan fingerprint density at radius 3 is 1.00 bits per heavy atom. The Hall–Kier alpha value is 1.82. The largest absolute Gasteiger partial charge is 0.114 e. The second-order valence-electron chi connectivity index (χ2n) is 7.51. The summed E-state index contributed by atoms with van der Waals surface area (Å²) in [5, 5.41) is 0. The zero-order valence-electron chi connectivity index (χ0n) is 18.4. The first kappa shape index (κ1) is 32.5. The van der Waals surface area contributed by atoms with Crippen molar-refractivity contribution in [3.05, 3.63) is 0 Å². The SMILES string of the molecule is Br.Br.CCCCCCCP(CCC)CCP(CCC)CCCCCCC. The van der Waals surface area contributed by atoms with E-state index in [0.717, 1.165) is 0 Å². The Morgan fingerprint density at radius 1 is 0.346 bits per heavy atom. The van der Waals surface area contributed by atoms with Crippen LogP contribution < -0.4 is 0 Å². The van der Waals surface area contributed by atoms with Crippen LogP contribution in [0.25, 0.3) is 0 Å². The van der Waals surface area contributed by atoms with Gasteiger partial charge in [-0.25, -0.2) is 0 Å². The van der Waals surface area contributed by atoms with E-state index in [1.165, 1.54) is 77.0 Å². The summed E-state index contributed by atoms with van der Waals surface area (Å²) in [6, 6.07) is 0. The molecule has 0 nitrogen and oxygen atoms in total. The topological polar surface area (TPSA) is 0 Å². The van der Waals surface area contributed by atoms with Crippen LogP contribution in [0.3, 0.4) is 0 Å². The third-order valence-electron chi connectivity index (χ3n) is 4.97. The van der Waals surface area contributed by atoms with Gasteiger partial charge in [0.15, 0.2) is 0 Å². The van der Waals surface area contributed by atoms with Gasteiger partial charge in [0, 0.05) is 0 Å². The predicted molar refractivity (Wildman–Crippen MR) is 142 cm³/mol. The molecule has 0 saturated carbocycles. The number of halogens is 2. The average Bonchev–Trinajstić information content (AvgIpc) is 2.58. The second-order valence-corrected chi connectivity index (χ2v) is 12.9. The molecule has 26 heavy (non-hydrogen) atoms. The van der Waals surface area contributed by atoms with E-state index in [9.17, 15) is 0 Å². The lowest BCUT2D eigenvalue weighted by molar-refractivity contribution is 0.657. The van der Waals surface area contributed by atoms with Gasteiger partial charge in [0.25, 0.3) is 0 Å². The highest BCUT2D eigenvalue weighted by Gasteiger charge is 2.12. The van der Waals surface area contributed by atoms with Gasteiger partial charge in [0.1, 0.15) is 0 Å². The number of unbranched alkanes of at least 4 members (excludes halogenated alkanes) is 8. The van der Waals surface area contributed by atoms with Crippen molar-refractivity contribution >= 4 is 49.8 Å². The molecular weight excluding hydrogens is 486 g/mol. The van der Waals surface area contributed by atoms with Gasteiger partial charge in [-0.2, -0.15) is 0 Å². The average molecular weight is 536 g/mol. The third kappa shape index (κ3) is 22.1. The maximum Gasteiger partial charge on any atom is -0.0286 e. The van der Waals surface area contributed by atoms with Gasteiger partial charge in [-0.3, -0.25) is 0 Å². The second kappa shape index (κ2) is 26.8. The van der Waals surface area contributed by atoms with E-state index in [0.29, 0.717) is 15.8 Å². The monoisotopic (exact) mass is 534 g/mol. The van der Waals surface area contributed by atoms with E-state index in [1.807, 2.05) is 0 Å². The molecule has 0 saturated heterocycles. The smallest absolute Gasteiger partial charge is 0.0286 e. The minimum atomic E-state index is 0.